The van der Waals surface area contributed by atoms with Crippen LogP contribution in [-0.2, 0) is 9.53 Å². The summed E-state index contributed by atoms with van der Waals surface area (Å²) in [4.78, 5) is 22.5. The number of methoxy groups -OCH3 is 1. The Kier molecular flexibility index (Phi) is 4.51. The van der Waals surface area contributed by atoms with Gasteiger partial charge in [0.25, 0.3) is 5.91 Å². The van der Waals surface area contributed by atoms with Gasteiger partial charge >= 0.3 is 5.97 Å². The minimum atomic E-state index is -0.348. The van der Waals surface area contributed by atoms with Gasteiger partial charge in [0.15, 0.2) is 0 Å². The summed E-state index contributed by atoms with van der Waals surface area (Å²) < 4.78 is 4.47. The van der Waals surface area contributed by atoms with E-state index in [4.69, 9.17) is 5.73 Å². The molecule has 0 aliphatic heterocycles. The highest BCUT2D eigenvalue weighted by atomic mass is 16.5. The number of carbonyl (C=O) groups is 2. The van der Waals surface area contributed by atoms with Crippen molar-refractivity contribution in [1.29, 1.82) is 0 Å². The molecule has 0 heterocycles. The molecule has 17 heavy (non-hydrogen) atoms. The Morgan fingerprint density at radius 3 is 2.71 bits per heavy atom. The predicted molar refractivity (Wildman–Crippen MR) is 64.6 cm³/mol. The molecular formula is C12H16N2O3. The minimum Gasteiger partial charge on any atom is -0.469 e. The quantitative estimate of drug-likeness (QED) is 0.600. The topological polar surface area (TPSA) is 81.4 Å². The molecule has 1 aromatic rings. The lowest BCUT2D eigenvalue weighted by atomic mass is 10.1. The van der Waals surface area contributed by atoms with Crippen LogP contribution in [0.2, 0.25) is 0 Å². The van der Waals surface area contributed by atoms with Crippen LogP contribution in [0.1, 0.15) is 22.3 Å². The third kappa shape index (κ3) is 3.79. The number of nitrogens with one attached hydrogen (secondary N) is 1. The third-order valence-electron chi connectivity index (χ3n) is 2.37. The maximum atomic E-state index is 11.7. The SMILES string of the molecule is COC(=O)CCNC(=O)c1ccc(N)c(C)c1. The van der Waals surface area contributed by atoms with E-state index in [0.717, 1.165) is 5.56 Å². The standard InChI is InChI=1S/C12H16N2O3/c1-8-7-9(3-4-10(8)13)12(16)14-6-5-11(15)17-2/h3-4,7H,5-6,13H2,1-2H3,(H,14,16). The first kappa shape index (κ1) is 13.0. The molecular weight excluding hydrogens is 220 g/mol. The Hall–Kier alpha value is -2.04. The fraction of sp³-hybridized carbons (Fsp3) is 0.333. The van der Waals surface area contributed by atoms with Crippen molar-refractivity contribution in [2.24, 2.45) is 0 Å². The lowest BCUT2D eigenvalue weighted by molar-refractivity contribution is -0.140. The van der Waals surface area contributed by atoms with E-state index in [2.05, 4.69) is 10.1 Å². The summed E-state index contributed by atoms with van der Waals surface area (Å²) in [6, 6.07) is 5.04. The molecule has 0 atom stereocenters. The van der Waals surface area contributed by atoms with Gasteiger partial charge in [-0.25, -0.2) is 0 Å². The molecule has 3 N–H and O–H groups in total. The van der Waals surface area contributed by atoms with E-state index in [9.17, 15) is 9.59 Å². The summed E-state index contributed by atoms with van der Waals surface area (Å²) in [5.74, 6) is -0.573. The van der Waals surface area contributed by atoms with Gasteiger partial charge in [-0.2, -0.15) is 0 Å². The van der Waals surface area contributed by atoms with Crippen LogP contribution in [-0.4, -0.2) is 25.5 Å². The number of carbonyl (C=O) groups excluding carboxylic acids is 2. The molecule has 0 saturated heterocycles. The minimum absolute atomic E-state index is 0.163. The van der Waals surface area contributed by atoms with Gasteiger partial charge in [0.05, 0.1) is 13.5 Å². The van der Waals surface area contributed by atoms with Gasteiger partial charge in [0.2, 0.25) is 0 Å². The molecule has 5 nitrogen and oxygen atoms in total. The number of benzene rings is 1. The van der Waals surface area contributed by atoms with Crippen molar-refractivity contribution in [2.75, 3.05) is 19.4 Å². The molecule has 0 aliphatic carbocycles. The van der Waals surface area contributed by atoms with Gasteiger partial charge in [-0.15, -0.1) is 0 Å². The second kappa shape index (κ2) is 5.89. The van der Waals surface area contributed by atoms with Gasteiger partial charge in [0, 0.05) is 17.8 Å². The van der Waals surface area contributed by atoms with E-state index in [1.54, 1.807) is 18.2 Å². The van der Waals surface area contributed by atoms with Crippen LogP contribution >= 0.6 is 0 Å². The number of anilines is 1. The van der Waals surface area contributed by atoms with Crippen molar-refractivity contribution in [3.05, 3.63) is 29.3 Å². The highest BCUT2D eigenvalue weighted by Crippen LogP contribution is 2.12. The molecule has 1 rings (SSSR count). The van der Waals surface area contributed by atoms with Crippen LogP contribution < -0.4 is 11.1 Å². The fourth-order valence-corrected chi connectivity index (χ4v) is 1.30. The van der Waals surface area contributed by atoms with E-state index in [1.807, 2.05) is 6.92 Å². The van der Waals surface area contributed by atoms with Gasteiger partial charge in [-0.3, -0.25) is 9.59 Å². The van der Waals surface area contributed by atoms with Gasteiger partial charge in [0.1, 0.15) is 0 Å². The van der Waals surface area contributed by atoms with Crippen LogP contribution in [0.15, 0.2) is 18.2 Å². The smallest absolute Gasteiger partial charge is 0.307 e. The van der Waals surface area contributed by atoms with Crippen molar-refractivity contribution in [3.63, 3.8) is 0 Å². The lowest BCUT2D eigenvalue weighted by Gasteiger charge is -2.06. The summed E-state index contributed by atoms with van der Waals surface area (Å²) in [5.41, 5.74) is 7.68. The van der Waals surface area contributed by atoms with E-state index < -0.39 is 0 Å². The molecule has 0 bridgehead atoms. The van der Waals surface area contributed by atoms with E-state index in [-0.39, 0.29) is 24.8 Å². The van der Waals surface area contributed by atoms with Crippen LogP contribution in [0.4, 0.5) is 5.69 Å². The summed E-state index contributed by atoms with van der Waals surface area (Å²) in [6.45, 7) is 2.09. The van der Waals surface area contributed by atoms with E-state index >= 15 is 0 Å². The van der Waals surface area contributed by atoms with Gasteiger partial charge in [-0.05, 0) is 30.7 Å². The van der Waals surface area contributed by atoms with Crippen LogP contribution in [0.25, 0.3) is 0 Å². The Labute approximate surface area is 99.9 Å². The molecule has 92 valence electrons. The zero-order valence-electron chi connectivity index (χ0n) is 9.95. The normalized spacial score (nSPS) is 9.76. The van der Waals surface area contributed by atoms with Gasteiger partial charge < -0.3 is 15.8 Å². The Morgan fingerprint density at radius 1 is 1.41 bits per heavy atom. The first-order chi connectivity index (χ1) is 8.04. The number of rotatable bonds is 4. The molecule has 0 fully saturated rings. The van der Waals surface area contributed by atoms with E-state index in [0.29, 0.717) is 11.3 Å². The van der Waals surface area contributed by atoms with Crippen molar-refractivity contribution in [1.82, 2.24) is 5.32 Å². The molecule has 5 heteroatoms. The maximum Gasteiger partial charge on any atom is 0.307 e. The maximum absolute atomic E-state index is 11.7. The van der Waals surface area contributed by atoms with Crippen molar-refractivity contribution < 1.29 is 14.3 Å². The molecule has 0 unspecified atom stereocenters. The molecule has 0 radical (unpaired) electrons. The predicted octanol–water partition coefficient (Wildman–Crippen LogP) is 0.870. The first-order valence-electron chi connectivity index (χ1n) is 5.25. The van der Waals surface area contributed by atoms with E-state index in [1.165, 1.54) is 7.11 Å². The largest absolute Gasteiger partial charge is 0.469 e. The van der Waals surface area contributed by atoms with Crippen molar-refractivity contribution in [2.45, 2.75) is 13.3 Å². The zero-order chi connectivity index (χ0) is 12.8. The number of nitrogens with two attached hydrogens (primary N) is 1. The summed E-state index contributed by atoms with van der Waals surface area (Å²) in [6.07, 6.45) is 0.163. The average Bonchev–Trinajstić information content (AvgIpc) is 2.32. The summed E-state index contributed by atoms with van der Waals surface area (Å²) in [7, 11) is 1.31. The number of ether oxygens (including phenoxy) is 1. The number of esters is 1. The second-order valence-electron chi connectivity index (χ2n) is 3.65. The molecule has 0 aromatic heterocycles. The number of hydrogen-bond acceptors (Lipinski definition) is 4. The highest BCUT2D eigenvalue weighted by Gasteiger charge is 2.07. The number of aryl methyl sites for hydroxylation is 1. The monoisotopic (exact) mass is 236 g/mol. The Morgan fingerprint density at radius 2 is 2.12 bits per heavy atom. The lowest BCUT2D eigenvalue weighted by Crippen LogP contribution is -2.26. The molecule has 0 saturated carbocycles. The van der Waals surface area contributed by atoms with Crippen LogP contribution in [0, 0.1) is 6.92 Å². The van der Waals surface area contributed by atoms with Crippen molar-refractivity contribution >= 4 is 17.6 Å². The third-order valence-corrected chi connectivity index (χ3v) is 2.37. The first-order valence-corrected chi connectivity index (χ1v) is 5.25. The summed E-state index contributed by atoms with van der Waals surface area (Å²) in [5, 5.41) is 2.63. The molecule has 0 spiro atoms. The molecule has 1 aromatic carbocycles. The average molecular weight is 236 g/mol. The molecule has 0 aliphatic rings. The Bertz CT molecular complexity index is 430. The second-order valence-corrected chi connectivity index (χ2v) is 3.65. The van der Waals surface area contributed by atoms with Crippen LogP contribution in [0.5, 0.6) is 0 Å². The number of nitrogen functional groups attached to an aromatic ring is 1. The van der Waals surface area contributed by atoms with Crippen LogP contribution in [0.3, 0.4) is 0 Å². The highest BCUT2D eigenvalue weighted by molar-refractivity contribution is 5.95. The fourth-order valence-electron chi connectivity index (χ4n) is 1.30. The zero-order valence-corrected chi connectivity index (χ0v) is 9.95. The van der Waals surface area contributed by atoms with Crippen molar-refractivity contribution in [3.8, 4) is 0 Å². The summed E-state index contributed by atoms with van der Waals surface area (Å²) >= 11 is 0. The van der Waals surface area contributed by atoms with Gasteiger partial charge in [-0.1, -0.05) is 0 Å². The Balaban J connectivity index is 2.52. The molecule has 1 amide bonds. The number of amides is 1. The number of hydrogen-bond donors (Lipinski definition) is 2.